The number of aryl methyl sites for hydroxylation is 4. The number of nitrogens with one attached hydrogen (secondary N) is 2. The van der Waals surface area contributed by atoms with Crippen LogP contribution in [0.2, 0.25) is 0 Å². The van der Waals surface area contributed by atoms with Crippen molar-refractivity contribution >= 4 is 27.5 Å². The zero-order valence-electron chi connectivity index (χ0n) is 20.7. The molecule has 0 aliphatic carbocycles. The smallest absolute Gasteiger partial charge is 0.276 e. The van der Waals surface area contributed by atoms with E-state index in [1.807, 2.05) is 0 Å². The molecular weight excluding hydrogens is 505 g/mol. The lowest BCUT2D eigenvalue weighted by Gasteiger charge is -2.23. The van der Waals surface area contributed by atoms with Gasteiger partial charge in [-0.3, -0.25) is 9.59 Å². The van der Waals surface area contributed by atoms with Gasteiger partial charge in [-0.15, -0.1) is 0 Å². The van der Waals surface area contributed by atoms with Crippen molar-refractivity contribution in [3.05, 3.63) is 58.8 Å². The van der Waals surface area contributed by atoms with Crippen molar-refractivity contribution in [2.75, 3.05) is 25.0 Å². The van der Waals surface area contributed by atoms with Gasteiger partial charge in [0.25, 0.3) is 11.8 Å². The Bertz CT molecular complexity index is 1530. The number of rotatable bonds is 3. The Morgan fingerprint density at radius 2 is 1.97 bits per heavy atom. The molecule has 0 unspecified atom stereocenters. The molecule has 0 bridgehead atoms. The molecule has 196 valence electrons. The van der Waals surface area contributed by atoms with Crippen molar-refractivity contribution in [2.45, 2.75) is 31.7 Å². The summed E-state index contributed by atoms with van der Waals surface area (Å²) >= 11 is 0. The van der Waals surface area contributed by atoms with E-state index in [-0.39, 0.29) is 53.6 Å². The maximum atomic E-state index is 13.6. The number of fused-ring (bicyclic) bond motifs is 2. The number of amides is 2. The lowest BCUT2D eigenvalue weighted by molar-refractivity contribution is 0.0775. The predicted molar refractivity (Wildman–Crippen MR) is 129 cm³/mol. The van der Waals surface area contributed by atoms with Crippen LogP contribution in [0.4, 0.5) is 10.1 Å². The van der Waals surface area contributed by atoms with Gasteiger partial charge in [-0.25, -0.2) is 22.5 Å². The number of likely N-dealkylation sites (tertiary alicyclic amines) is 1. The van der Waals surface area contributed by atoms with Gasteiger partial charge < -0.3 is 23.9 Å². The molecule has 1 saturated heterocycles. The third-order valence-electron chi connectivity index (χ3n) is 6.61. The molecular formula is C24H26FN5O6S. The van der Waals surface area contributed by atoms with E-state index in [1.54, 1.807) is 20.8 Å². The highest BCUT2D eigenvalue weighted by molar-refractivity contribution is 7.89. The van der Waals surface area contributed by atoms with Crippen molar-refractivity contribution < 1.29 is 31.6 Å². The molecule has 2 aromatic heterocycles. The highest BCUT2D eigenvalue weighted by Gasteiger charge is 2.43. The first-order chi connectivity index (χ1) is 17.4. The van der Waals surface area contributed by atoms with E-state index in [1.165, 1.54) is 40.9 Å². The summed E-state index contributed by atoms with van der Waals surface area (Å²) in [6.07, 6.45) is 1.31. The molecule has 13 heteroatoms. The Balaban J connectivity index is 1.41. The Labute approximate surface area is 212 Å². The average molecular weight is 532 g/mol. The van der Waals surface area contributed by atoms with Crippen LogP contribution in [-0.2, 0) is 17.1 Å². The van der Waals surface area contributed by atoms with Crippen molar-refractivity contribution in [1.82, 2.24) is 19.2 Å². The van der Waals surface area contributed by atoms with Gasteiger partial charge in [0.05, 0.1) is 6.61 Å². The molecule has 5 rings (SSSR count). The lowest BCUT2D eigenvalue weighted by Crippen LogP contribution is -2.43. The van der Waals surface area contributed by atoms with E-state index in [9.17, 15) is 22.4 Å². The van der Waals surface area contributed by atoms with Crippen molar-refractivity contribution in [1.29, 1.82) is 0 Å². The lowest BCUT2D eigenvalue weighted by atomic mass is 10.1. The van der Waals surface area contributed by atoms with Gasteiger partial charge >= 0.3 is 0 Å². The Kier molecular flexibility index (Phi) is 6.07. The van der Waals surface area contributed by atoms with Gasteiger partial charge in [-0.2, -0.15) is 0 Å². The maximum Gasteiger partial charge on any atom is 0.276 e. The molecule has 4 heterocycles. The van der Waals surface area contributed by atoms with Crippen molar-refractivity contribution in [3.8, 4) is 5.75 Å². The molecule has 0 spiro atoms. The van der Waals surface area contributed by atoms with Crippen LogP contribution in [0.15, 0.2) is 33.7 Å². The standard InChI is InChI=1S/C24H26FN5O6S/c1-12-7-16(5-6-17(12)25)27-23(31)21-22-19(10-29(21)4)37(33,34)28-18-9-30(8-15(18)11-35-22)24(32)20-13(2)36-14(3)26-20/h5-7,10,15,18,28H,8-9,11H2,1-4H3,(H,27,31)/t15-,18-/m0/s1. The molecule has 1 fully saturated rings. The van der Waals surface area contributed by atoms with E-state index in [0.29, 0.717) is 22.9 Å². The van der Waals surface area contributed by atoms with Gasteiger partial charge in [-0.1, -0.05) is 0 Å². The van der Waals surface area contributed by atoms with Crippen LogP contribution in [0.1, 0.15) is 38.2 Å². The molecule has 3 aromatic rings. The van der Waals surface area contributed by atoms with Crippen molar-refractivity contribution in [3.63, 3.8) is 0 Å². The summed E-state index contributed by atoms with van der Waals surface area (Å²) in [5.41, 5.74) is 0.898. The second-order valence-corrected chi connectivity index (χ2v) is 11.0. The summed E-state index contributed by atoms with van der Waals surface area (Å²) in [5, 5.41) is 2.67. The van der Waals surface area contributed by atoms with Crippen LogP contribution >= 0.6 is 0 Å². The minimum absolute atomic E-state index is 0.000398. The topological polar surface area (TPSA) is 136 Å². The number of benzene rings is 1. The van der Waals surface area contributed by atoms with Crippen LogP contribution in [-0.4, -0.2) is 60.4 Å². The van der Waals surface area contributed by atoms with Crippen molar-refractivity contribution in [2.24, 2.45) is 13.0 Å². The van der Waals surface area contributed by atoms with Crippen LogP contribution in [0.5, 0.6) is 5.75 Å². The second-order valence-electron chi connectivity index (χ2n) is 9.35. The predicted octanol–water partition coefficient (Wildman–Crippen LogP) is 2.14. The Morgan fingerprint density at radius 1 is 1.22 bits per heavy atom. The first-order valence-corrected chi connectivity index (χ1v) is 13.1. The summed E-state index contributed by atoms with van der Waals surface area (Å²) in [5.74, 6) is -1.06. The number of ether oxygens (including phenoxy) is 1. The normalized spacial score (nSPS) is 20.4. The van der Waals surface area contributed by atoms with E-state index in [4.69, 9.17) is 9.15 Å². The maximum absolute atomic E-state index is 13.6. The van der Waals surface area contributed by atoms with Gasteiger partial charge in [0.15, 0.2) is 23.0 Å². The van der Waals surface area contributed by atoms with E-state index in [2.05, 4.69) is 15.0 Å². The Hall–Kier alpha value is -3.71. The summed E-state index contributed by atoms with van der Waals surface area (Å²) in [7, 11) is -2.55. The zero-order chi connectivity index (χ0) is 26.6. The summed E-state index contributed by atoms with van der Waals surface area (Å²) < 4.78 is 55.6. The van der Waals surface area contributed by atoms with Crippen LogP contribution in [0.3, 0.4) is 0 Å². The average Bonchev–Trinajstić information content (AvgIpc) is 3.47. The molecule has 37 heavy (non-hydrogen) atoms. The number of halogens is 1. The number of nitrogens with zero attached hydrogens (tertiary/aromatic N) is 3. The number of hydrogen-bond acceptors (Lipinski definition) is 7. The fourth-order valence-corrected chi connectivity index (χ4v) is 6.24. The van der Waals surface area contributed by atoms with E-state index >= 15 is 0 Å². The first kappa shape index (κ1) is 25.0. The van der Waals surface area contributed by atoms with E-state index < -0.39 is 27.8 Å². The van der Waals surface area contributed by atoms with Gasteiger partial charge in [0.2, 0.25) is 10.0 Å². The zero-order valence-corrected chi connectivity index (χ0v) is 21.5. The third-order valence-corrected chi connectivity index (χ3v) is 8.09. The molecule has 2 atom stereocenters. The summed E-state index contributed by atoms with van der Waals surface area (Å²) in [6.45, 7) is 5.30. The number of oxazole rings is 1. The highest BCUT2D eigenvalue weighted by Crippen LogP contribution is 2.35. The largest absolute Gasteiger partial charge is 0.489 e. The monoisotopic (exact) mass is 531 g/mol. The SMILES string of the molecule is Cc1nc(C(=O)N2C[C@H]3COc4c(cn(C)c4C(=O)Nc4ccc(F)c(C)c4)S(=O)(=O)N[C@H]3C2)c(C)o1. The minimum Gasteiger partial charge on any atom is -0.489 e. The molecule has 2 aliphatic rings. The number of aromatic nitrogens is 2. The summed E-state index contributed by atoms with van der Waals surface area (Å²) in [6, 6.07) is 3.54. The first-order valence-electron chi connectivity index (χ1n) is 11.6. The fraction of sp³-hybridized carbons (Fsp3) is 0.375. The number of sulfonamides is 1. The van der Waals surface area contributed by atoms with Crippen LogP contribution in [0, 0.1) is 32.5 Å². The molecule has 2 N–H and O–H groups in total. The highest BCUT2D eigenvalue weighted by atomic mass is 32.2. The number of carbonyl (C=O) groups excluding carboxylic acids is 2. The third kappa shape index (κ3) is 4.48. The molecule has 0 radical (unpaired) electrons. The number of carbonyl (C=O) groups is 2. The Morgan fingerprint density at radius 3 is 2.65 bits per heavy atom. The quantitative estimate of drug-likeness (QED) is 0.529. The van der Waals surface area contributed by atoms with Gasteiger partial charge in [0, 0.05) is 50.9 Å². The summed E-state index contributed by atoms with van der Waals surface area (Å²) in [4.78, 5) is 31.7. The van der Waals surface area contributed by atoms with Gasteiger partial charge in [0.1, 0.15) is 16.5 Å². The van der Waals surface area contributed by atoms with Crippen LogP contribution < -0.4 is 14.8 Å². The molecule has 2 amide bonds. The molecule has 0 saturated carbocycles. The van der Waals surface area contributed by atoms with E-state index in [0.717, 1.165) is 0 Å². The number of hydrogen-bond donors (Lipinski definition) is 2. The minimum atomic E-state index is -4.09. The molecule has 2 aliphatic heterocycles. The molecule has 1 aromatic carbocycles. The molecule has 11 nitrogen and oxygen atoms in total. The number of anilines is 1. The fourth-order valence-electron chi connectivity index (χ4n) is 4.75. The second kappa shape index (κ2) is 8.99. The van der Waals surface area contributed by atoms with Crippen LogP contribution in [0.25, 0.3) is 0 Å². The van der Waals surface area contributed by atoms with Gasteiger partial charge in [-0.05, 0) is 37.6 Å².